The first-order chi connectivity index (χ1) is 10.5. The summed E-state index contributed by atoms with van der Waals surface area (Å²) in [6, 6.07) is 3.05. The molecule has 7 heteroatoms. The number of nitrogens with two attached hydrogens (primary N) is 1. The number of carbonyl (C=O) groups is 1. The summed E-state index contributed by atoms with van der Waals surface area (Å²) in [6.45, 7) is 1.04. The van der Waals surface area contributed by atoms with Crippen molar-refractivity contribution in [1.82, 2.24) is 4.90 Å². The van der Waals surface area contributed by atoms with E-state index in [2.05, 4.69) is 0 Å². The fourth-order valence-corrected chi connectivity index (χ4v) is 3.69. The highest BCUT2D eigenvalue weighted by Crippen LogP contribution is 2.36. The molecule has 1 heterocycles. The molecule has 1 saturated carbocycles. The van der Waals surface area contributed by atoms with Gasteiger partial charge in [-0.3, -0.25) is 14.9 Å². The van der Waals surface area contributed by atoms with Crippen molar-refractivity contribution in [2.75, 3.05) is 13.1 Å². The summed E-state index contributed by atoms with van der Waals surface area (Å²) >= 11 is 0. The highest BCUT2D eigenvalue weighted by molar-refractivity contribution is 5.98. The number of carbonyl (C=O) groups excluding carboxylic acids is 1. The lowest BCUT2D eigenvalue weighted by Gasteiger charge is -2.29. The lowest BCUT2D eigenvalue weighted by molar-refractivity contribution is -0.385. The van der Waals surface area contributed by atoms with Gasteiger partial charge >= 0.3 is 0 Å². The second-order valence-corrected chi connectivity index (χ2v) is 6.15. The SMILES string of the molecule is NC1CCCC2CN(C(=O)c3cc(F)ccc3[N+](=O)[O-])CC12. The van der Waals surface area contributed by atoms with Gasteiger partial charge in [0, 0.05) is 25.2 Å². The molecule has 1 aliphatic heterocycles. The van der Waals surface area contributed by atoms with Crippen LogP contribution in [-0.4, -0.2) is 34.9 Å². The Kier molecular flexibility index (Phi) is 3.82. The van der Waals surface area contributed by atoms with Crippen LogP contribution in [0.3, 0.4) is 0 Å². The van der Waals surface area contributed by atoms with E-state index in [1.807, 2.05) is 0 Å². The highest BCUT2D eigenvalue weighted by Gasteiger charge is 2.41. The van der Waals surface area contributed by atoms with Gasteiger partial charge in [-0.25, -0.2) is 4.39 Å². The Labute approximate surface area is 127 Å². The van der Waals surface area contributed by atoms with Crippen LogP contribution in [0.15, 0.2) is 18.2 Å². The third kappa shape index (κ3) is 2.56. The van der Waals surface area contributed by atoms with Crippen LogP contribution in [0.4, 0.5) is 10.1 Å². The number of fused-ring (bicyclic) bond motifs is 1. The van der Waals surface area contributed by atoms with Crippen molar-refractivity contribution in [3.8, 4) is 0 Å². The van der Waals surface area contributed by atoms with Crippen LogP contribution >= 0.6 is 0 Å². The van der Waals surface area contributed by atoms with E-state index in [9.17, 15) is 19.3 Å². The number of halogens is 1. The van der Waals surface area contributed by atoms with Crippen LogP contribution in [0.2, 0.25) is 0 Å². The molecule has 2 aliphatic rings. The molecule has 0 spiro atoms. The third-order valence-corrected chi connectivity index (χ3v) is 4.83. The number of benzene rings is 1. The number of nitro groups is 1. The number of likely N-dealkylation sites (tertiary alicyclic amines) is 1. The average molecular weight is 307 g/mol. The summed E-state index contributed by atoms with van der Waals surface area (Å²) in [5.41, 5.74) is 5.58. The van der Waals surface area contributed by atoms with Crippen molar-refractivity contribution in [2.45, 2.75) is 25.3 Å². The Morgan fingerprint density at radius 3 is 2.82 bits per heavy atom. The van der Waals surface area contributed by atoms with Gasteiger partial charge in [0.05, 0.1) is 4.92 Å². The van der Waals surface area contributed by atoms with E-state index in [1.165, 1.54) is 0 Å². The molecule has 0 bridgehead atoms. The van der Waals surface area contributed by atoms with E-state index in [1.54, 1.807) is 4.90 Å². The second kappa shape index (κ2) is 5.64. The van der Waals surface area contributed by atoms with Crippen LogP contribution in [-0.2, 0) is 0 Å². The number of hydrogen-bond donors (Lipinski definition) is 1. The van der Waals surface area contributed by atoms with Gasteiger partial charge in [0.25, 0.3) is 11.6 Å². The first-order valence-corrected chi connectivity index (χ1v) is 7.46. The molecule has 1 aromatic carbocycles. The zero-order valence-corrected chi connectivity index (χ0v) is 12.1. The number of nitro benzene ring substituents is 1. The largest absolute Gasteiger partial charge is 0.338 e. The molecule has 6 nitrogen and oxygen atoms in total. The molecule has 3 unspecified atom stereocenters. The quantitative estimate of drug-likeness (QED) is 0.668. The third-order valence-electron chi connectivity index (χ3n) is 4.83. The first kappa shape index (κ1) is 14.9. The minimum Gasteiger partial charge on any atom is -0.338 e. The minimum atomic E-state index is -0.651. The van der Waals surface area contributed by atoms with Crippen molar-refractivity contribution in [3.63, 3.8) is 0 Å². The molecule has 1 saturated heterocycles. The molecule has 0 radical (unpaired) electrons. The Hall–Kier alpha value is -2.02. The van der Waals surface area contributed by atoms with Gasteiger partial charge in [-0.1, -0.05) is 6.42 Å². The molecule has 0 aromatic heterocycles. The molecular formula is C15H18FN3O3. The lowest BCUT2D eigenvalue weighted by Crippen LogP contribution is -2.38. The van der Waals surface area contributed by atoms with Crippen LogP contribution in [0.5, 0.6) is 0 Å². The van der Waals surface area contributed by atoms with Gasteiger partial charge < -0.3 is 10.6 Å². The molecule has 3 rings (SSSR count). The summed E-state index contributed by atoms with van der Waals surface area (Å²) in [6.07, 6.45) is 3.02. The van der Waals surface area contributed by atoms with E-state index in [-0.39, 0.29) is 23.2 Å². The van der Waals surface area contributed by atoms with Gasteiger partial charge in [-0.15, -0.1) is 0 Å². The fraction of sp³-hybridized carbons (Fsp3) is 0.533. The van der Waals surface area contributed by atoms with Crippen molar-refractivity contribution in [1.29, 1.82) is 0 Å². The standard InChI is InChI=1S/C15H18FN3O3/c16-10-4-5-14(19(21)22)11(6-10)15(20)18-7-9-2-1-3-13(17)12(9)8-18/h4-6,9,12-13H,1-3,7-8,17H2. The number of hydrogen-bond acceptors (Lipinski definition) is 4. The molecule has 118 valence electrons. The predicted octanol–water partition coefficient (Wildman–Crippen LogP) is 1.93. The van der Waals surface area contributed by atoms with Crippen LogP contribution in [0, 0.1) is 27.8 Å². The van der Waals surface area contributed by atoms with Gasteiger partial charge in [0.1, 0.15) is 11.4 Å². The van der Waals surface area contributed by atoms with E-state index in [4.69, 9.17) is 5.73 Å². The molecule has 3 atom stereocenters. The van der Waals surface area contributed by atoms with Crippen LogP contribution in [0.1, 0.15) is 29.6 Å². The Morgan fingerprint density at radius 2 is 2.14 bits per heavy atom. The zero-order valence-electron chi connectivity index (χ0n) is 12.1. The smallest absolute Gasteiger partial charge is 0.282 e. The maximum absolute atomic E-state index is 13.4. The van der Waals surface area contributed by atoms with E-state index < -0.39 is 16.6 Å². The predicted molar refractivity (Wildman–Crippen MR) is 77.8 cm³/mol. The number of amides is 1. The Bertz CT molecular complexity index is 622. The normalized spacial score (nSPS) is 27.5. The fourth-order valence-electron chi connectivity index (χ4n) is 3.69. The summed E-state index contributed by atoms with van der Waals surface area (Å²) < 4.78 is 13.4. The second-order valence-electron chi connectivity index (χ2n) is 6.15. The van der Waals surface area contributed by atoms with E-state index in [0.29, 0.717) is 19.0 Å². The van der Waals surface area contributed by atoms with Gasteiger partial charge in [0.2, 0.25) is 0 Å². The summed E-state index contributed by atoms with van der Waals surface area (Å²) in [5.74, 6) is -0.541. The summed E-state index contributed by atoms with van der Waals surface area (Å²) in [5, 5.41) is 11.0. The topological polar surface area (TPSA) is 89.5 Å². The molecule has 1 aliphatic carbocycles. The first-order valence-electron chi connectivity index (χ1n) is 7.46. The lowest BCUT2D eigenvalue weighted by atomic mass is 9.78. The van der Waals surface area contributed by atoms with Crippen molar-refractivity contribution >= 4 is 11.6 Å². The zero-order chi connectivity index (χ0) is 15.9. The summed E-state index contributed by atoms with van der Waals surface area (Å²) in [7, 11) is 0. The monoisotopic (exact) mass is 307 g/mol. The molecular weight excluding hydrogens is 289 g/mol. The van der Waals surface area contributed by atoms with Gasteiger partial charge in [-0.2, -0.15) is 0 Å². The highest BCUT2D eigenvalue weighted by atomic mass is 19.1. The minimum absolute atomic E-state index is 0.0686. The van der Waals surface area contributed by atoms with Crippen LogP contribution in [0.25, 0.3) is 0 Å². The molecule has 2 fully saturated rings. The van der Waals surface area contributed by atoms with Crippen LogP contribution < -0.4 is 5.73 Å². The van der Waals surface area contributed by atoms with Crippen molar-refractivity contribution in [2.24, 2.45) is 17.6 Å². The van der Waals surface area contributed by atoms with Crippen molar-refractivity contribution < 1.29 is 14.1 Å². The van der Waals surface area contributed by atoms with E-state index >= 15 is 0 Å². The number of rotatable bonds is 2. The summed E-state index contributed by atoms with van der Waals surface area (Å²) in [4.78, 5) is 24.6. The van der Waals surface area contributed by atoms with E-state index in [0.717, 1.165) is 37.5 Å². The molecule has 2 N–H and O–H groups in total. The molecule has 22 heavy (non-hydrogen) atoms. The van der Waals surface area contributed by atoms with Crippen molar-refractivity contribution in [3.05, 3.63) is 39.7 Å². The average Bonchev–Trinajstić information content (AvgIpc) is 2.91. The maximum Gasteiger partial charge on any atom is 0.282 e. The Morgan fingerprint density at radius 1 is 1.36 bits per heavy atom. The number of nitrogens with zero attached hydrogens (tertiary/aromatic N) is 2. The molecule has 1 amide bonds. The maximum atomic E-state index is 13.4. The van der Waals surface area contributed by atoms with Gasteiger partial charge in [0.15, 0.2) is 0 Å². The Balaban J connectivity index is 1.86. The molecule has 1 aromatic rings. The van der Waals surface area contributed by atoms with Gasteiger partial charge in [-0.05, 0) is 36.8 Å².